The van der Waals surface area contributed by atoms with Crippen molar-refractivity contribution < 1.29 is 9.53 Å². The summed E-state index contributed by atoms with van der Waals surface area (Å²) in [5.41, 5.74) is 0. The van der Waals surface area contributed by atoms with E-state index < -0.39 is 0 Å². The van der Waals surface area contributed by atoms with E-state index in [1.807, 2.05) is 0 Å². The number of hydrogen-bond acceptors (Lipinski definition) is 3. The van der Waals surface area contributed by atoms with Crippen LogP contribution < -0.4 is 5.32 Å². The lowest BCUT2D eigenvalue weighted by molar-refractivity contribution is -0.124. The van der Waals surface area contributed by atoms with Crippen LogP contribution in [0, 0.1) is 5.92 Å². The molecule has 0 amide bonds. The maximum absolute atomic E-state index is 11.2. The predicted molar refractivity (Wildman–Crippen MR) is 42.5 cm³/mol. The third kappa shape index (κ3) is 2.60. The van der Waals surface area contributed by atoms with Crippen molar-refractivity contribution in [1.82, 2.24) is 5.32 Å². The van der Waals surface area contributed by atoms with Crippen LogP contribution in [0.15, 0.2) is 0 Å². The topological polar surface area (TPSA) is 38.3 Å². The highest BCUT2D eigenvalue weighted by molar-refractivity contribution is 5.82. The molecular formula is C8H15NO2. The monoisotopic (exact) mass is 157 g/mol. The normalized spacial score (nSPS) is 25.5. The van der Waals surface area contributed by atoms with Crippen LogP contribution in [0.2, 0.25) is 0 Å². The number of Topliss-reactive ketones (excluding diaryl/α,β-unsaturated/α-hetero) is 1. The smallest absolute Gasteiger partial charge is 0.138 e. The fourth-order valence-electron chi connectivity index (χ4n) is 1.33. The summed E-state index contributed by atoms with van der Waals surface area (Å²) in [7, 11) is 1.67. The Morgan fingerprint density at radius 1 is 1.73 bits per heavy atom. The number of hydrogen-bond donors (Lipinski definition) is 1. The van der Waals surface area contributed by atoms with Gasteiger partial charge in [0.2, 0.25) is 0 Å². The summed E-state index contributed by atoms with van der Waals surface area (Å²) in [6.45, 7) is 2.38. The van der Waals surface area contributed by atoms with E-state index in [0.717, 1.165) is 19.5 Å². The Morgan fingerprint density at radius 2 is 2.55 bits per heavy atom. The maximum atomic E-state index is 11.2. The molecule has 64 valence electrons. The molecule has 1 unspecified atom stereocenters. The predicted octanol–water partition coefficient (Wildman–Crippen LogP) is 0.202. The molecule has 0 spiro atoms. The number of piperidine rings is 1. The van der Waals surface area contributed by atoms with Crippen LogP contribution in [0.4, 0.5) is 0 Å². The molecule has 0 radical (unpaired) electrons. The highest BCUT2D eigenvalue weighted by Gasteiger charge is 2.20. The van der Waals surface area contributed by atoms with Crippen LogP contribution in [0.25, 0.3) is 0 Å². The van der Waals surface area contributed by atoms with Crippen molar-refractivity contribution in [3.63, 3.8) is 0 Å². The van der Waals surface area contributed by atoms with Crippen molar-refractivity contribution in [3.05, 3.63) is 0 Å². The number of ether oxygens (including phenoxy) is 1. The molecular weight excluding hydrogens is 142 g/mol. The highest BCUT2D eigenvalue weighted by atomic mass is 16.5. The zero-order chi connectivity index (χ0) is 8.10. The van der Waals surface area contributed by atoms with Gasteiger partial charge in [-0.1, -0.05) is 0 Å². The first kappa shape index (κ1) is 8.68. The van der Waals surface area contributed by atoms with E-state index in [1.165, 1.54) is 0 Å². The lowest BCUT2D eigenvalue weighted by atomic mass is 9.95. The van der Waals surface area contributed by atoms with Crippen LogP contribution in [0.3, 0.4) is 0 Å². The Labute approximate surface area is 67.1 Å². The van der Waals surface area contributed by atoms with Gasteiger partial charge in [0, 0.05) is 39.1 Å². The average molecular weight is 157 g/mol. The van der Waals surface area contributed by atoms with Crippen molar-refractivity contribution in [2.45, 2.75) is 12.8 Å². The molecule has 3 heteroatoms. The molecule has 0 aromatic heterocycles. The third-order valence-corrected chi connectivity index (χ3v) is 2.06. The standard InChI is InChI=1S/C8H15NO2/c1-11-5-3-7-6-9-4-2-8(7)10/h7,9H,2-6H2,1H3. The summed E-state index contributed by atoms with van der Waals surface area (Å²) in [5, 5.41) is 3.20. The zero-order valence-corrected chi connectivity index (χ0v) is 6.93. The van der Waals surface area contributed by atoms with Gasteiger partial charge in [0.1, 0.15) is 5.78 Å². The molecule has 1 N–H and O–H groups in total. The molecule has 0 saturated carbocycles. The Hall–Kier alpha value is -0.410. The van der Waals surface area contributed by atoms with Crippen molar-refractivity contribution in [2.24, 2.45) is 5.92 Å². The second-order valence-electron chi connectivity index (χ2n) is 2.90. The lowest BCUT2D eigenvalue weighted by Gasteiger charge is -2.20. The van der Waals surface area contributed by atoms with E-state index in [1.54, 1.807) is 7.11 Å². The molecule has 1 rings (SSSR count). The summed E-state index contributed by atoms with van der Waals surface area (Å²) in [6.07, 6.45) is 1.55. The van der Waals surface area contributed by atoms with E-state index in [9.17, 15) is 4.79 Å². The number of carbonyl (C=O) groups excluding carboxylic acids is 1. The molecule has 1 saturated heterocycles. The molecule has 0 aliphatic carbocycles. The SMILES string of the molecule is COCCC1CNCCC1=O. The minimum Gasteiger partial charge on any atom is -0.385 e. The Balaban J connectivity index is 2.24. The van der Waals surface area contributed by atoms with E-state index in [4.69, 9.17) is 4.74 Å². The Kier molecular flexibility index (Phi) is 3.52. The number of nitrogens with one attached hydrogen (secondary N) is 1. The van der Waals surface area contributed by atoms with E-state index in [2.05, 4.69) is 5.32 Å². The van der Waals surface area contributed by atoms with Gasteiger partial charge in [0.05, 0.1) is 0 Å². The van der Waals surface area contributed by atoms with Crippen LogP contribution in [-0.4, -0.2) is 32.6 Å². The van der Waals surface area contributed by atoms with Crippen LogP contribution in [0.1, 0.15) is 12.8 Å². The summed E-state index contributed by atoms with van der Waals surface area (Å²) in [4.78, 5) is 11.2. The second-order valence-corrected chi connectivity index (χ2v) is 2.90. The third-order valence-electron chi connectivity index (χ3n) is 2.06. The fraction of sp³-hybridized carbons (Fsp3) is 0.875. The molecule has 1 aliphatic rings. The molecule has 0 aromatic carbocycles. The highest BCUT2D eigenvalue weighted by Crippen LogP contribution is 2.09. The first-order chi connectivity index (χ1) is 5.34. The molecule has 1 atom stereocenters. The molecule has 1 aliphatic heterocycles. The van der Waals surface area contributed by atoms with Gasteiger partial charge in [-0.05, 0) is 6.42 Å². The van der Waals surface area contributed by atoms with Gasteiger partial charge < -0.3 is 10.1 Å². The van der Waals surface area contributed by atoms with Crippen LogP contribution in [-0.2, 0) is 9.53 Å². The molecule has 0 aromatic rings. The summed E-state index contributed by atoms with van der Waals surface area (Å²) >= 11 is 0. The lowest BCUT2D eigenvalue weighted by Crippen LogP contribution is -2.37. The van der Waals surface area contributed by atoms with Crippen LogP contribution >= 0.6 is 0 Å². The van der Waals surface area contributed by atoms with Crippen molar-refractivity contribution >= 4 is 5.78 Å². The van der Waals surface area contributed by atoms with Gasteiger partial charge in [-0.3, -0.25) is 4.79 Å². The quantitative estimate of drug-likeness (QED) is 0.636. The maximum Gasteiger partial charge on any atom is 0.138 e. The number of rotatable bonds is 3. The fourth-order valence-corrected chi connectivity index (χ4v) is 1.33. The Bertz CT molecular complexity index is 136. The van der Waals surface area contributed by atoms with Crippen molar-refractivity contribution in [1.29, 1.82) is 0 Å². The van der Waals surface area contributed by atoms with Crippen LogP contribution in [0.5, 0.6) is 0 Å². The van der Waals surface area contributed by atoms with Gasteiger partial charge >= 0.3 is 0 Å². The minimum absolute atomic E-state index is 0.198. The summed E-state index contributed by atoms with van der Waals surface area (Å²) < 4.78 is 4.91. The average Bonchev–Trinajstić information content (AvgIpc) is 2.03. The van der Waals surface area contributed by atoms with Gasteiger partial charge in [-0.15, -0.1) is 0 Å². The second kappa shape index (κ2) is 4.46. The van der Waals surface area contributed by atoms with E-state index >= 15 is 0 Å². The van der Waals surface area contributed by atoms with Crippen molar-refractivity contribution in [2.75, 3.05) is 26.8 Å². The van der Waals surface area contributed by atoms with E-state index in [0.29, 0.717) is 18.8 Å². The van der Waals surface area contributed by atoms with Gasteiger partial charge in [0.15, 0.2) is 0 Å². The summed E-state index contributed by atoms with van der Waals surface area (Å²) in [5.74, 6) is 0.587. The minimum atomic E-state index is 0.198. The zero-order valence-electron chi connectivity index (χ0n) is 6.93. The van der Waals surface area contributed by atoms with E-state index in [-0.39, 0.29) is 5.92 Å². The summed E-state index contributed by atoms with van der Waals surface area (Å²) in [6, 6.07) is 0. The van der Waals surface area contributed by atoms with Gasteiger partial charge in [-0.2, -0.15) is 0 Å². The number of ketones is 1. The van der Waals surface area contributed by atoms with Gasteiger partial charge in [-0.25, -0.2) is 0 Å². The first-order valence-electron chi connectivity index (χ1n) is 4.07. The van der Waals surface area contributed by atoms with Crippen molar-refractivity contribution in [3.8, 4) is 0 Å². The number of carbonyl (C=O) groups is 1. The Morgan fingerprint density at radius 3 is 3.18 bits per heavy atom. The van der Waals surface area contributed by atoms with Gasteiger partial charge in [0.25, 0.3) is 0 Å². The molecule has 3 nitrogen and oxygen atoms in total. The molecule has 1 heterocycles. The molecule has 1 fully saturated rings. The number of methoxy groups -OCH3 is 1. The largest absolute Gasteiger partial charge is 0.385 e. The molecule has 11 heavy (non-hydrogen) atoms. The first-order valence-corrected chi connectivity index (χ1v) is 4.07. The molecule has 0 bridgehead atoms.